The average Bonchev–Trinajstić information content (AvgIpc) is 2.84. The average molecular weight is 400 g/mol. The summed E-state index contributed by atoms with van der Waals surface area (Å²) >= 11 is 12.5. The Kier molecular flexibility index (Phi) is 5.42. The van der Waals surface area contributed by atoms with Crippen molar-refractivity contribution in [2.24, 2.45) is 0 Å². The minimum absolute atomic E-state index is 0.659. The van der Waals surface area contributed by atoms with Crippen LogP contribution in [0.25, 0.3) is 5.69 Å². The van der Waals surface area contributed by atoms with E-state index in [-0.39, 0.29) is 0 Å². The fourth-order valence-corrected chi connectivity index (χ4v) is 4.23. The molecule has 0 aliphatic carbocycles. The molecule has 1 aliphatic rings. The van der Waals surface area contributed by atoms with Crippen molar-refractivity contribution < 1.29 is 0 Å². The summed E-state index contributed by atoms with van der Waals surface area (Å²) in [6, 6.07) is 14.2. The quantitative estimate of drug-likeness (QED) is 0.575. The van der Waals surface area contributed by atoms with Crippen LogP contribution in [0.5, 0.6) is 0 Å². The van der Waals surface area contributed by atoms with Gasteiger partial charge in [0.25, 0.3) is 0 Å². The molecular weight excluding hydrogens is 377 g/mol. The van der Waals surface area contributed by atoms with Gasteiger partial charge in [0.2, 0.25) is 0 Å². The van der Waals surface area contributed by atoms with Gasteiger partial charge < -0.3 is 5.32 Å². The van der Waals surface area contributed by atoms with Crippen LogP contribution in [0.1, 0.15) is 42.1 Å². The molecule has 5 heteroatoms. The number of benzene rings is 2. The second-order valence-corrected chi connectivity index (χ2v) is 7.81. The maximum atomic E-state index is 6.43. The highest BCUT2D eigenvalue weighted by Crippen LogP contribution is 2.32. The first kappa shape index (κ1) is 18.4. The van der Waals surface area contributed by atoms with E-state index in [1.165, 1.54) is 24.0 Å². The van der Waals surface area contributed by atoms with Gasteiger partial charge in [-0.15, -0.1) is 0 Å². The van der Waals surface area contributed by atoms with Gasteiger partial charge in [-0.3, -0.25) is 0 Å². The number of para-hydroxylation sites is 1. The zero-order chi connectivity index (χ0) is 18.8. The molecule has 3 aromatic rings. The molecule has 0 bridgehead atoms. The number of aromatic nitrogens is 2. The molecule has 1 aliphatic heterocycles. The molecule has 0 saturated heterocycles. The summed E-state index contributed by atoms with van der Waals surface area (Å²) in [5.41, 5.74) is 5.91. The number of anilines is 1. The Morgan fingerprint density at radius 1 is 1.07 bits per heavy atom. The lowest BCUT2D eigenvalue weighted by Crippen LogP contribution is -2.08. The van der Waals surface area contributed by atoms with Crippen LogP contribution in [-0.2, 0) is 19.3 Å². The van der Waals surface area contributed by atoms with Crippen molar-refractivity contribution in [1.29, 1.82) is 0 Å². The summed E-state index contributed by atoms with van der Waals surface area (Å²) in [5.74, 6) is 1.13. The topological polar surface area (TPSA) is 29.9 Å². The lowest BCUT2D eigenvalue weighted by Gasteiger charge is -2.12. The molecule has 0 spiro atoms. The first-order valence-electron chi connectivity index (χ1n) is 9.54. The molecule has 0 radical (unpaired) electrons. The first-order chi connectivity index (χ1) is 13.2. The third kappa shape index (κ3) is 3.71. The van der Waals surface area contributed by atoms with E-state index < -0.39 is 0 Å². The molecule has 2 heterocycles. The Hall–Kier alpha value is -1.97. The predicted molar refractivity (Wildman–Crippen MR) is 114 cm³/mol. The normalized spacial score (nSPS) is 13.7. The second-order valence-electron chi connectivity index (χ2n) is 6.96. The van der Waals surface area contributed by atoms with E-state index in [0.717, 1.165) is 42.1 Å². The van der Waals surface area contributed by atoms with E-state index in [1.807, 2.05) is 12.1 Å². The van der Waals surface area contributed by atoms with Crippen molar-refractivity contribution in [2.45, 2.75) is 39.0 Å². The van der Waals surface area contributed by atoms with Crippen LogP contribution in [0.4, 0.5) is 5.82 Å². The number of halogens is 2. The summed E-state index contributed by atoms with van der Waals surface area (Å²) < 4.78 is 2.10. The number of aryl methyl sites for hydroxylation is 1. The van der Waals surface area contributed by atoms with Crippen LogP contribution in [0.3, 0.4) is 0 Å². The third-order valence-electron chi connectivity index (χ3n) is 5.19. The summed E-state index contributed by atoms with van der Waals surface area (Å²) in [6.45, 7) is 3.16. The molecule has 0 saturated carbocycles. The third-order valence-corrected chi connectivity index (χ3v) is 5.77. The predicted octanol–water partition coefficient (Wildman–Crippen LogP) is 6.08. The zero-order valence-electron chi connectivity index (χ0n) is 15.4. The number of fused-ring (bicyclic) bond motifs is 1. The fraction of sp³-hybridized carbons (Fsp3) is 0.318. The Labute approximate surface area is 170 Å². The number of rotatable bonds is 4. The maximum absolute atomic E-state index is 6.43. The molecule has 27 heavy (non-hydrogen) atoms. The van der Waals surface area contributed by atoms with Gasteiger partial charge in [0.1, 0.15) is 5.82 Å². The molecule has 1 aromatic heterocycles. The maximum Gasteiger partial charge on any atom is 0.133 e. The summed E-state index contributed by atoms with van der Waals surface area (Å²) in [5, 5.41) is 10.0. The molecule has 0 amide bonds. The zero-order valence-corrected chi connectivity index (χ0v) is 16.9. The van der Waals surface area contributed by atoms with Crippen molar-refractivity contribution in [3.05, 3.63) is 74.9 Å². The van der Waals surface area contributed by atoms with Gasteiger partial charge in [-0.05, 0) is 55.0 Å². The van der Waals surface area contributed by atoms with Crippen LogP contribution < -0.4 is 5.32 Å². The first-order valence-corrected chi connectivity index (χ1v) is 10.3. The summed E-state index contributed by atoms with van der Waals surface area (Å²) in [4.78, 5) is 0. The minimum Gasteiger partial charge on any atom is -0.370 e. The van der Waals surface area contributed by atoms with Gasteiger partial charge >= 0.3 is 0 Å². The van der Waals surface area contributed by atoms with E-state index in [9.17, 15) is 0 Å². The minimum atomic E-state index is 0.659. The van der Waals surface area contributed by atoms with E-state index in [0.29, 0.717) is 16.5 Å². The molecule has 4 rings (SSSR count). The van der Waals surface area contributed by atoms with Gasteiger partial charge in [0.15, 0.2) is 0 Å². The van der Waals surface area contributed by atoms with E-state index in [1.54, 1.807) is 6.07 Å². The molecule has 0 unspecified atom stereocenters. The molecule has 2 aromatic carbocycles. The van der Waals surface area contributed by atoms with Crippen molar-refractivity contribution in [3.8, 4) is 5.69 Å². The Morgan fingerprint density at radius 3 is 2.74 bits per heavy atom. The Balaban J connectivity index is 1.82. The van der Waals surface area contributed by atoms with Gasteiger partial charge in [-0.25, -0.2) is 4.68 Å². The van der Waals surface area contributed by atoms with Crippen molar-refractivity contribution in [3.63, 3.8) is 0 Å². The van der Waals surface area contributed by atoms with Crippen LogP contribution in [-0.4, -0.2) is 16.3 Å². The second kappa shape index (κ2) is 7.95. The highest BCUT2D eigenvalue weighted by Gasteiger charge is 2.22. The molecule has 0 fully saturated rings. The van der Waals surface area contributed by atoms with Crippen molar-refractivity contribution >= 4 is 29.0 Å². The van der Waals surface area contributed by atoms with E-state index in [4.69, 9.17) is 28.3 Å². The summed E-state index contributed by atoms with van der Waals surface area (Å²) in [7, 11) is 0. The fourth-order valence-electron chi connectivity index (χ4n) is 3.75. The molecular formula is C22H23Cl2N3. The van der Waals surface area contributed by atoms with Gasteiger partial charge in [0.05, 0.1) is 11.4 Å². The smallest absolute Gasteiger partial charge is 0.133 e. The van der Waals surface area contributed by atoms with Crippen LogP contribution in [0.2, 0.25) is 10.0 Å². The van der Waals surface area contributed by atoms with Gasteiger partial charge in [-0.1, -0.05) is 54.4 Å². The summed E-state index contributed by atoms with van der Waals surface area (Å²) in [6.07, 6.45) is 5.06. The highest BCUT2D eigenvalue weighted by molar-refractivity contribution is 6.35. The lowest BCUT2D eigenvalue weighted by atomic mass is 10.0. The number of hydrogen-bond donors (Lipinski definition) is 1. The number of hydrogen-bond acceptors (Lipinski definition) is 2. The van der Waals surface area contributed by atoms with Crippen LogP contribution >= 0.6 is 23.2 Å². The molecule has 1 N–H and O–H groups in total. The largest absolute Gasteiger partial charge is 0.370 e. The van der Waals surface area contributed by atoms with Gasteiger partial charge in [-0.2, -0.15) is 5.10 Å². The number of nitrogens with one attached hydrogen (secondary N) is 1. The van der Waals surface area contributed by atoms with E-state index >= 15 is 0 Å². The van der Waals surface area contributed by atoms with Crippen molar-refractivity contribution in [1.82, 2.24) is 9.78 Å². The Bertz CT molecular complexity index is 962. The van der Waals surface area contributed by atoms with Gasteiger partial charge in [0, 0.05) is 28.6 Å². The highest BCUT2D eigenvalue weighted by atomic mass is 35.5. The lowest BCUT2D eigenvalue weighted by molar-refractivity contribution is 0.766. The number of nitrogens with zero attached hydrogens (tertiary/aromatic N) is 2. The Morgan fingerprint density at radius 2 is 1.93 bits per heavy atom. The molecule has 3 nitrogen and oxygen atoms in total. The standard InChI is InChI=1S/C22H23Cl2N3/c1-2-15-7-3-4-9-21(15)27-22-18(8-5-6-12-25-22)20(26-27)13-16-10-11-17(23)14-19(16)24/h3-4,7,9-11,14,25H,2,5-6,8,12-13H2,1H3. The van der Waals surface area contributed by atoms with Crippen LogP contribution in [0, 0.1) is 0 Å². The molecule has 140 valence electrons. The molecule has 0 atom stereocenters. The monoisotopic (exact) mass is 399 g/mol. The SMILES string of the molecule is CCc1ccccc1-n1nc(Cc2ccc(Cl)cc2Cl)c2c1NCCCC2. The van der Waals surface area contributed by atoms with Crippen LogP contribution in [0.15, 0.2) is 42.5 Å². The van der Waals surface area contributed by atoms with Crippen molar-refractivity contribution in [2.75, 3.05) is 11.9 Å². The van der Waals surface area contributed by atoms with E-state index in [2.05, 4.69) is 41.2 Å².